The van der Waals surface area contributed by atoms with E-state index in [1.165, 1.54) is 0 Å². The van der Waals surface area contributed by atoms with E-state index in [0.717, 1.165) is 5.56 Å². The number of aromatic nitrogens is 2. The van der Waals surface area contributed by atoms with Crippen LogP contribution in [0, 0.1) is 0 Å². The van der Waals surface area contributed by atoms with Crippen molar-refractivity contribution in [1.29, 1.82) is 0 Å². The first kappa shape index (κ1) is 17.9. The molecule has 1 unspecified atom stereocenters. The Morgan fingerprint density at radius 3 is 2.21 bits per heavy atom. The van der Waals surface area contributed by atoms with Crippen molar-refractivity contribution in [3.8, 4) is 11.5 Å². The summed E-state index contributed by atoms with van der Waals surface area (Å²) in [6, 6.07) is 25.1. The second kappa shape index (κ2) is 8.06. The molecule has 0 aliphatic carbocycles. The Bertz CT molecular complexity index is 1080. The van der Waals surface area contributed by atoms with Crippen LogP contribution in [0.1, 0.15) is 27.9 Å². The normalized spacial score (nSPS) is 11.8. The molecule has 0 saturated heterocycles. The van der Waals surface area contributed by atoms with Crippen LogP contribution in [0.25, 0.3) is 11.5 Å². The maximum absolute atomic E-state index is 12.7. The second-order valence-electron chi connectivity index (χ2n) is 6.11. The molecule has 3 aromatic carbocycles. The Morgan fingerprint density at radius 1 is 0.857 bits per heavy atom. The Hall–Kier alpha value is -3.44. The predicted octanol–water partition coefficient (Wildman–Crippen LogP) is 4.91. The number of nitrogens with one attached hydrogen (secondary N) is 1. The minimum absolute atomic E-state index is 0.230. The first-order valence-corrected chi connectivity index (χ1v) is 9.09. The van der Waals surface area contributed by atoms with Gasteiger partial charge in [-0.3, -0.25) is 4.79 Å². The molecule has 0 saturated carbocycles. The largest absolute Gasteiger partial charge is 0.418 e. The molecule has 0 fully saturated rings. The summed E-state index contributed by atoms with van der Waals surface area (Å²) >= 11 is 6.23. The smallest absolute Gasteiger partial charge is 0.252 e. The van der Waals surface area contributed by atoms with Gasteiger partial charge in [-0.05, 0) is 29.8 Å². The molecule has 4 rings (SSSR count). The van der Waals surface area contributed by atoms with Gasteiger partial charge >= 0.3 is 0 Å². The molecular weight excluding hydrogens is 374 g/mol. The molecule has 0 aliphatic heterocycles. The number of hydrogen-bond acceptors (Lipinski definition) is 4. The van der Waals surface area contributed by atoms with E-state index < -0.39 is 6.04 Å². The fourth-order valence-corrected chi connectivity index (χ4v) is 3.05. The van der Waals surface area contributed by atoms with Gasteiger partial charge < -0.3 is 9.73 Å². The molecule has 6 heteroatoms. The quantitative estimate of drug-likeness (QED) is 0.526. The molecule has 4 aromatic rings. The lowest BCUT2D eigenvalue weighted by atomic mass is 10.1. The third kappa shape index (κ3) is 3.80. The van der Waals surface area contributed by atoms with Crippen molar-refractivity contribution in [3.05, 3.63) is 107 Å². The van der Waals surface area contributed by atoms with Crippen LogP contribution in [-0.4, -0.2) is 16.1 Å². The second-order valence-corrected chi connectivity index (χ2v) is 6.52. The number of carbonyl (C=O) groups is 1. The van der Waals surface area contributed by atoms with Gasteiger partial charge in [0.05, 0.1) is 10.6 Å². The van der Waals surface area contributed by atoms with Crippen molar-refractivity contribution in [2.75, 3.05) is 0 Å². The van der Waals surface area contributed by atoms with Gasteiger partial charge in [0.1, 0.15) is 6.04 Å². The number of carbonyl (C=O) groups excluding carboxylic acids is 1. The lowest BCUT2D eigenvalue weighted by Gasteiger charge is -2.15. The first-order chi connectivity index (χ1) is 13.7. The predicted molar refractivity (Wildman–Crippen MR) is 107 cm³/mol. The Kier molecular flexibility index (Phi) is 5.17. The lowest BCUT2D eigenvalue weighted by Crippen LogP contribution is -2.29. The van der Waals surface area contributed by atoms with Crippen LogP contribution >= 0.6 is 11.6 Å². The Balaban J connectivity index is 1.69. The molecule has 0 bridgehead atoms. The molecule has 0 radical (unpaired) electrons. The minimum Gasteiger partial charge on any atom is -0.418 e. The van der Waals surface area contributed by atoms with Crippen LogP contribution in [-0.2, 0) is 0 Å². The third-order valence-electron chi connectivity index (χ3n) is 4.24. The van der Waals surface area contributed by atoms with Gasteiger partial charge in [-0.25, -0.2) is 0 Å². The molecule has 138 valence electrons. The molecule has 1 N–H and O–H groups in total. The first-order valence-electron chi connectivity index (χ1n) is 8.71. The number of hydrogen-bond donors (Lipinski definition) is 1. The monoisotopic (exact) mass is 389 g/mol. The van der Waals surface area contributed by atoms with Crippen molar-refractivity contribution in [1.82, 2.24) is 15.5 Å². The fourth-order valence-electron chi connectivity index (χ4n) is 2.83. The van der Waals surface area contributed by atoms with Gasteiger partial charge in [-0.2, -0.15) is 0 Å². The van der Waals surface area contributed by atoms with Crippen molar-refractivity contribution in [2.24, 2.45) is 0 Å². The van der Waals surface area contributed by atoms with Crippen LogP contribution in [0.15, 0.2) is 89.3 Å². The highest BCUT2D eigenvalue weighted by Gasteiger charge is 2.24. The number of rotatable bonds is 5. The van der Waals surface area contributed by atoms with Crippen molar-refractivity contribution in [2.45, 2.75) is 6.04 Å². The summed E-state index contributed by atoms with van der Waals surface area (Å²) in [6.45, 7) is 0. The maximum atomic E-state index is 12.7. The molecular formula is C22H16ClN3O2. The van der Waals surface area contributed by atoms with Crippen LogP contribution in [0.2, 0.25) is 5.02 Å². The van der Waals surface area contributed by atoms with E-state index in [9.17, 15) is 4.79 Å². The van der Waals surface area contributed by atoms with Crippen molar-refractivity contribution >= 4 is 17.5 Å². The number of nitrogens with zero attached hydrogens (tertiary/aromatic N) is 2. The van der Waals surface area contributed by atoms with Crippen LogP contribution in [0.4, 0.5) is 0 Å². The zero-order chi connectivity index (χ0) is 19.3. The molecule has 1 amide bonds. The van der Waals surface area contributed by atoms with E-state index >= 15 is 0 Å². The molecule has 0 aliphatic rings. The SMILES string of the molecule is O=C(NC(c1ccccc1)c1nnc(-c2ccccc2Cl)o1)c1ccccc1. The number of benzene rings is 3. The van der Waals surface area contributed by atoms with E-state index in [2.05, 4.69) is 15.5 Å². The topological polar surface area (TPSA) is 68.0 Å². The highest BCUT2D eigenvalue weighted by molar-refractivity contribution is 6.33. The van der Waals surface area contributed by atoms with Gasteiger partial charge in [-0.1, -0.05) is 72.3 Å². The van der Waals surface area contributed by atoms with Gasteiger partial charge in [0.25, 0.3) is 5.91 Å². The van der Waals surface area contributed by atoms with Gasteiger partial charge in [0.15, 0.2) is 0 Å². The maximum Gasteiger partial charge on any atom is 0.252 e. The molecule has 1 atom stereocenters. The molecule has 1 aromatic heterocycles. The molecule has 28 heavy (non-hydrogen) atoms. The van der Waals surface area contributed by atoms with E-state index in [4.69, 9.17) is 16.0 Å². The number of amides is 1. The van der Waals surface area contributed by atoms with E-state index in [-0.39, 0.29) is 11.8 Å². The minimum atomic E-state index is -0.586. The standard InChI is InChI=1S/C22H16ClN3O2/c23-18-14-8-7-13-17(18)21-25-26-22(28-21)19(15-9-3-1-4-10-15)24-20(27)16-11-5-2-6-12-16/h1-14,19H,(H,24,27). The molecule has 1 heterocycles. The van der Waals surface area contributed by atoms with Crippen molar-refractivity contribution < 1.29 is 9.21 Å². The summed E-state index contributed by atoms with van der Waals surface area (Å²) in [6.07, 6.45) is 0. The zero-order valence-corrected chi connectivity index (χ0v) is 15.5. The third-order valence-corrected chi connectivity index (χ3v) is 4.57. The average molecular weight is 390 g/mol. The van der Waals surface area contributed by atoms with Crippen LogP contribution in [0.3, 0.4) is 0 Å². The van der Waals surface area contributed by atoms with Crippen molar-refractivity contribution in [3.63, 3.8) is 0 Å². The average Bonchev–Trinajstić information content (AvgIpc) is 3.23. The van der Waals surface area contributed by atoms with Crippen LogP contribution < -0.4 is 5.32 Å². The summed E-state index contributed by atoms with van der Waals surface area (Å²) in [5.41, 5.74) is 2.03. The van der Waals surface area contributed by atoms with Gasteiger partial charge in [0, 0.05) is 5.56 Å². The summed E-state index contributed by atoms with van der Waals surface area (Å²) in [5, 5.41) is 11.8. The van der Waals surface area contributed by atoms with Gasteiger partial charge in [-0.15, -0.1) is 10.2 Å². The van der Waals surface area contributed by atoms with E-state index in [1.54, 1.807) is 24.3 Å². The Labute approximate surface area is 167 Å². The highest BCUT2D eigenvalue weighted by Crippen LogP contribution is 2.29. The summed E-state index contributed by atoms with van der Waals surface area (Å²) in [7, 11) is 0. The lowest BCUT2D eigenvalue weighted by molar-refractivity contribution is 0.0938. The fraction of sp³-hybridized carbons (Fsp3) is 0.0455. The number of halogens is 1. The summed E-state index contributed by atoms with van der Waals surface area (Å²) in [4.78, 5) is 12.7. The summed E-state index contributed by atoms with van der Waals surface area (Å²) in [5.74, 6) is 0.354. The Morgan fingerprint density at radius 2 is 1.50 bits per heavy atom. The zero-order valence-electron chi connectivity index (χ0n) is 14.7. The molecule has 0 spiro atoms. The van der Waals surface area contributed by atoms with Gasteiger partial charge in [0.2, 0.25) is 11.8 Å². The summed E-state index contributed by atoms with van der Waals surface area (Å²) < 4.78 is 5.88. The molecule has 5 nitrogen and oxygen atoms in total. The van der Waals surface area contributed by atoms with E-state index in [1.807, 2.05) is 60.7 Å². The van der Waals surface area contributed by atoms with Crippen LogP contribution in [0.5, 0.6) is 0 Å². The van der Waals surface area contributed by atoms with E-state index in [0.29, 0.717) is 22.0 Å². The highest BCUT2D eigenvalue weighted by atomic mass is 35.5.